The number of hydrogen-bond donors (Lipinski definition) is 0. The van der Waals surface area contributed by atoms with Crippen LogP contribution in [0.2, 0.25) is 0 Å². The van der Waals surface area contributed by atoms with Crippen LogP contribution in [0.25, 0.3) is 0 Å². The van der Waals surface area contributed by atoms with Crippen LogP contribution in [0, 0.1) is 0 Å². The van der Waals surface area contributed by atoms with E-state index in [0.717, 1.165) is 12.8 Å². The van der Waals surface area contributed by atoms with Crippen molar-refractivity contribution in [2.24, 2.45) is 0 Å². The first-order valence-electron chi connectivity index (χ1n) is 9.64. The van der Waals surface area contributed by atoms with E-state index in [4.69, 9.17) is 14.2 Å². The van der Waals surface area contributed by atoms with Gasteiger partial charge < -0.3 is 19.1 Å². The van der Waals surface area contributed by atoms with E-state index >= 15 is 0 Å². The predicted octanol–water partition coefficient (Wildman–Crippen LogP) is 3.45. The molecule has 0 aromatic heterocycles. The zero-order chi connectivity index (χ0) is 19.1. The molecule has 1 atom stereocenters. The lowest BCUT2D eigenvalue weighted by Gasteiger charge is -2.37. The van der Waals surface area contributed by atoms with Gasteiger partial charge in [0.2, 0.25) is 6.79 Å². The number of benzene rings is 2. The summed E-state index contributed by atoms with van der Waals surface area (Å²) in [4.78, 5) is 27.5. The molecule has 2 aromatic carbocycles. The molecule has 3 aliphatic rings. The summed E-state index contributed by atoms with van der Waals surface area (Å²) in [6.07, 6.45) is 2.57. The Morgan fingerprint density at radius 3 is 2.75 bits per heavy atom. The van der Waals surface area contributed by atoms with Crippen molar-refractivity contribution in [1.82, 2.24) is 4.90 Å². The number of nitrogens with zero attached hydrogens (tertiary/aromatic N) is 1. The fraction of sp³-hybridized carbons (Fsp3) is 0.364. The fourth-order valence-corrected chi connectivity index (χ4v) is 4.30. The number of amides is 1. The monoisotopic (exact) mass is 379 g/mol. The zero-order valence-electron chi connectivity index (χ0n) is 15.5. The summed E-state index contributed by atoms with van der Waals surface area (Å²) in [6, 6.07) is 12.7. The number of fused-ring (bicyclic) bond motifs is 2. The molecule has 5 rings (SSSR count). The van der Waals surface area contributed by atoms with E-state index in [1.807, 2.05) is 29.2 Å². The van der Waals surface area contributed by atoms with Crippen LogP contribution < -0.4 is 14.2 Å². The molecule has 1 fully saturated rings. The van der Waals surface area contributed by atoms with Crippen molar-refractivity contribution in [3.05, 3.63) is 53.6 Å². The van der Waals surface area contributed by atoms with Gasteiger partial charge in [-0.3, -0.25) is 9.59 Å². The molecule has 0 aliphatic carbocycles. The lowest BCUT2D eigenvalue weighted by molar-refractivity contribution is 0.0300. The number of ether oxygens (including phenoxy) is 3. The molecule has 6 heteroatoms. The van der Waals surface area contributed by atoms with Crippen molar-refractivity contribution < 1.29 is 23.8 Å². The number of ketones is 1. The van der Waals surface area contributed by atoms with Gasteiger partial charge in [-0.25, -0.2) is 0 Å². The van der Waals surface area contributed by atoms with Gasteiger partial charge in [-0.05, 0) is 43.2 Å². The lowest BCUT2D eigenvalue weighted by Crippen LogP contribution is -2.43. The molecule has 3 heterocycles. The van der Waals surface area contributed by atoms with Gasteiger partial charge in [0.15, 0.2) is 17.3 Å². The molecule has 0 saturated carbocycles. The highest BCUT2D eigenvalue weighted by Crippen LogP contribution is 2.39. The van der Waals surface area contributed by atoms with Crippen molar-refractivity contribution >= 4 is 11.7 Å². The number of para-hydroxylation sites is 1. The minimum atomic E-state index is -0.518. The normalized spacial score (nSPS) is 23.1. The summed E-state index contributed by atoms with van der Waals surface area (Å²) in [5, 5.41) is 0. The van der Waals surface area contributed by atoms with Crippen LogP contribution in [-0.4, -0.2) is 42.1 Å². The minimum Gasteiger partial charge on any atom is -0.486 e. The number of hydrogen-bond acceptors (Lipinski definition) is 5. The van der Waals surface area contributed by atoms with Crippen LogP contribution in [0.4, 0.5) is 0 Å². The highest BCUT2D eigenvalue weighted by molar-refractivity contribution is 6.00. The quantitative estimate of drug-likeness (QED) is 0.759. The molecular weight excluding hydrogens is 358 g/mol. The first-order chi connectivity index (χ1) is 13.6. The SMILES string of the molecule is O=C1CC2(CCCN(C(=O)c3ccc4c(c3)OCO4)CC2)Oc2ccccc21. The molecule has 3 aliphatic heterocycles. The Morgan fingerprint density at radius 1 is 0.964 bits per heavy atom. The van der Waals surface area contributed by atoms with Crippen LogP contribution in [0.1, 0.15) is 46.4 Å². The topological polar surface area (TPSA) is 65.1 Å². The van der Waals surface area contributed by atoms with Gasteiger partial charge in [0, 0.05) is 25.1 Å². The second kappa shape index (κ2) is 6.55. The number of likely N-dealkylation sites (tertiary alicyclic amines) is 1. The van der Waals surface area contributed by atoms with E-state index in [2.05, 4.69) is 0 Å². The molecule has 1 saturated heterocycles. The van der Waals surface area contributed by atoms with E-state index in [9.17, 15) is 9.59 Å². The second-order valence-electron chi connectivity index (χ2n) is 7.59. The van der Waals surface area contributed by atoms with E-state index < -0.39 is 5.60 Å². The van der Waals surface area contributed by atoms with Gasteiger partial charge in [-0.15, -0.1) is 0 Å². The van der Waals surface area contributed by atoms with Crippen molar-refractivity contribution in [3.8, 4) is 17.2 Å². The summed E-state index contributed by atoms with van der Waals surface area (Å²) < 4.78 is 17.0. The maximum absolute atomic E-state index is 13.0. The smallest absolute Gasteiger partial charge is 0.253 e. The molecule has 144 valence electrons. The van der Waals surface area contributed by atoms with Crippen molar-refractivity contribution in [3.63, 3.8) is 0 Å². The Morgan fingerprint density at radius 2 is 1.82 bits per heavy atom. The van der Waals surface area contributed by atoms with Crippen molar-refractivity contribution in [2.75, 3.05) is 19.9 Å². The van der Waals surface area contributed by atoms with Crippen LogP contribution in [0.5, 0.6) is 17.2 Å². The van der Waals surface area contributed by atoms with E-state index in [-0.39, 0.29) is 18.5 Å². The maximum Gasteiger partial charge on any atom is 0.253 e. The van der Waals surface area contributed by atoms with Crippen LogP contribution in [-0.2, 0) is 0 Å². The van der Waals surface area contributed by atoms with Gasteiger partial charge in [0.05, 0.1) is 12.0 Å². The molecule has 2 aromatic rings. The Bertz CT molecular complexity index is 956. The van der Waals surface area contributed by atoms with Crippen LogP contribution in [0.3, 0.4) is 0 Å². The third kappa shape index (κ3) is 2.89. The number of Topliss-reactive ketones (excluding diaryl/α,β-unsaturated/α-hetero) is 1. The highest BCUT2D eigenvalue weighted by Gasteiger charge is 2.42. The summed E-state index contributed by atoms with van der Waals surface area (Å²) in [5.74, 6) is 2.03. The Kier molecular flexibility index (Phi) is 4.00. The number of carbonyl (C=O) groups excluding carboxylic acids is 2. The standard InChI is InChI=1S/C22H21NO5/c24-17-13-22(28-18-5-2-1-4-16(17)18)8-3-10-23(11-9-22)21(25)15-6-7-19-20(12-15)27-14-26-19/h1-2,4-7,12H,3,8-11,13-14H2. The van der Waals surface area contributed by atoms with E-state index in [0.29, 0.717) is 54.3 Å². The van der Waals surface area contributed by atoms with Crippen molar-refractivity contribution in [1.29, 1.82) is 0 Å². The maximum atomic E-state index is 13.0. The highest BCUT2D eigenvalue weighted by atomic mass is 16.7. The van der Waals surface area contributed by atoms with Gasteiger partial charge in [0.1, 0.15) is 11.4 Å². The molecule has 0 radical (unpaired) electrons. The number of carbonyl (C=O) groups is 2. The lowest BCUT2D eigenvalue weighted by atomic mass is 9.84. The Labute approximate surface area is 163 Å². The Balaban J connectivity index is 1.33. The second-order valence-corrected chi connectivity index (χ2v) is 7.59. The molecule has 28 heavy (non-hydrogen) atoms. The van der Waals surface area contributed by atoms with Gasteiger partial charge in [-0.1, -0.05) is 12.1 Å². The van der Waals surface area contributed by atoms with E-state index in [1.54, 1.807) is 18.2 Å². The first kappa shape index (κ1) is 17.1. The summed E-state index contributed by atoms with van der Waals surface area (Å²) in [7, 11) is 0. The average Bonchev–Trinajstić information content (AvgIpc) is 3.09. The van der Waals surface area contributed by atoms with Gasteiger partial charge >= 0.3 is 0 Å². The van der Waals surface area contributed by atoms with Crippen molar-refractivity contribution in [2.45, 2.75) is 31.3 Å². The molecular formula is C22H21NO5. The molecule has 0 N–H and O–H groups in total. The summed E-state index contributed by atoms with van der Waals surface area (Å²) in [6.45, 7) is 1.39. The van der Waals surface area contributed by atoms with Gasteiger partial charge in [-0.2, -0.15) is 0 Å². The Hall–Kier alpha value is -3.02. The molecule has 0 bridgehead atoms. The average molecular weight is 379 g/mol. The molecule has 1 amide bonds. The largest absolute Gasteiger partial charge is 0.486 e. The summed E-state index contributed by atoms with van der Waals surface area (Å²) in [5.41, 5.74) is 0.729. The molecule has 1 spiro atoms. The summed E-state index contributed by atoms with van der Waals surface area (Å²) >= 11 is 0. The van der Waals surface area contributed by atoms with Crippen LogP contribution >= 0.6 is 0 Å². The third-order valence-corrected chi connectivity index (χ3v) is 5.80. The fourth-order valence-electron chi connectivity index (χ4n) is 4.30. The first-order valence-corrected chi connectivity index (χ1v) is 9.64. The minimum absolute atomic E-state index is 0.0297. The number of rotatable bonds is 1. The predicted molar refractivity (Wildman–Crippen MR) is 101 cm³/mol. The molecule has 6 nitrogen and oxygen atoms in total. The van der Waals surface area contributed by atoms with E-state index in [1.165, 1.54) is 0 Å². The molecule has 1 unspecified atom stereocenters. The van der Waals surface area contributed by atoms with Gasteiger partial charge in [0.25, 0.3) is 5.91 Å². The zero-order valence-corrected chi connectivity index (χ0v) is 15.5. The third-order valence-electron chi connectivity index (χ3n) is 5.80. The van der Waals surface area contributed by atoms with Crippen LogP contribution in [0.15, 0.2) is 42.5 Å².